The van der Waals surface area contributed by atoms with Crippen molar-refractivity contribution in [3.8, 4) is 0 Å². The first-order valence-electron chi connectivity index (χ1n) is 9.41. The third kappa shape index (κ3) is 1.71. The van der Waals surface area contributed by atoms with E-state index in [1.165, 1.54) is 0 Å². The average molecular weight is 380 g/mol. The van der Waals surface area contributed by atoms with Gasteiger partial charge in [0.15, 0.2) is 17.8 Å². The molecule has 2 aliphatic carbocycles. The maximum atomic E-state index is 12.3. The van der Waals surface area contributed by atoms with Gasteiger partial charge < -0.3 is 29.5 Å². The van der Waals surface area contributed by atoms with Gasteiger partial charge >= 0.3 is 11.9 Å². The standard InChI is InChI=1S/C19H24O8/c1-7-10-12(23)15(24)25-8-4-17(2)14(19(8,10)6-20)13(11(7)22)27-18(3)5-9(21)26-16(17)18/h7-8,10-12,16,20,22-23H,4-6H2,1-3H3/t7-,8-,10-,11-,12-,16+,17+,18+,19+/m1/s1. The molecule has 3 aliphatic heterocycles. The van der Waals surface area contributed by atoms with Crippen LogP contribution >= 0.6 is 0 Å². The zero-order chi connectivity index (χ0) is 19.5. The Bertz CT molecular complexity index is 791. The quantitative estimate of drug-likeness (QED) is 0.528. The van der Waals surface area contributed by atoms with Crippen LogP contribution in [0.25, 0.3) is 0 Å². The van der Waals surface area contributed by atoms with Crippen LogP contribution in [0.15, 0.2) is 11.3 Å². The molecule has 0 amide bonds. The molecule has 0 aromatic heterocycles. The molecule has 5 rings (SSSR count). The normalized spacial score (nSPS) is 55.5. The van der Waals surface area contributed by atoms with Crippen LogP contribution in [0.2, 0.25) is 0 Å². The molecule has 2 saturated heterocycles. The van der Waals surface area contributed by atoms with Crippen molar-refractivity contribution in [2.45, 2.75) is 63.6 Å². The maximum absolute atomic E-state index is 12.3. The van der Waals surface area contributed by atoms with Gasteiger partial charge in [-0.05, 0) is 24.8 Å². The number of carbonyl (C=O) groups is 2. The van der Waals surface area contributed by atoms with E-state index in [1.807, 2.05) is 6.92 Å². The summed E-state index contributed by atoms with van der Waals surface area (Å²) in [6.45, 7) is 5.07. The molecule has 0 aromatic rings. The van der Waals surface area contributed by atoms with Crippen LogP contribution in [0.3, 0.4) is 0 Å². The molecule has 148 valence electrons. The molecule has 0 unspecified atom stereocenters. The summed E-state index contributed by atoms with van der Waals surface area (Å²) >= 11 is 0. The third-order valence-corrected chi connectivity index (χ3v) is 7.72. The zero-order valence-corrected chi connectivity index (χ0v) is 15.5. The SMILES string of the molecule is C[C@@H]1[C@@H]2[C@@H](O)C(=O)O[C@@H]3C[C@@]4(C)C(=C(O[C@@]5(C)CC(=O)O[C@@H]45)[C@@H]1O)[C@]23CO. The second kappa shape index (κ2) is 4.85. The van der Waals surface area contributed by atoms with Crippen molar-refractivity contribution in [1.29, 1.82) is 0 Å². The van der Waals surface area contributed by atoms with Crippen LogP contribution in [0, 0.1) is 22.7 Å². The van der Waals surface area contributed by atoms with Gasteiger partial charge in [0.2, 0.25) is 0 Å². The van der Waals surface area contributed by atoms with Crippen LogP contribution in [0.1, 0.15) is 33.6 Å². The van der Waals surface area contributed by atoms with Crippen LogP contribution in [0.5, 0.6) is 0 Å². The molecule has 0 bridgehead atoms. The van der Waals surface area contributed by atoms with E-state index in [1.54, 1.807) is 13.8 Å². The van der Waals surface area contributed by atoms with E-state index in [0.717, 1.165) is 0 Å². The number of rotatable bonds is 1. The largest absolute Gasteiger partial charge is 0.485 e. The maximum Gasteiger partial charge on any atom is 0.335 e. The third-order valence-electron chi connectivity index (χ3n) is 7.72. The Kier molecular flexibility index (Phi) is 3.14. The highest BCUT2D eigenvalue weighted by Gasteiger charge is 2.77. The highest BCUT2D eigenvalue weighted by molar-refractivity contribution is 5.78. The summed E-state index contributed by atoms with van der Waals surface area (Å²) in [6.07, 6.45) is -3.42. The van der Waals surface area contributed by atoms with Crippen LogP contribution < -0.4 is 0 Å². The molecule has 1 saturated carbocycles. The predicted molar refractivity (Wildman–Crippen MR) is 87.8 cm³/mol. The molecule has 8 heteroatoms. The van der Waals surface area contributed by atoms with Crippen molar-refractivity contribution >= 4 is 11.9 Å². The number of hydrogen-bond donors (Lipinski definition) is 3. The first kappa shape index (κ1) is 17.5. The lowest BCUT2D eigenvalue weighted by molar-refractivity contribution is -0.209. The van der Waals surface area contributed by atoms with Crippen molar-refractivity contribution in [2.24, 2.45) is 22.7 Å². The van der Waals surface area contributed by atoms with E-state index in [4.69, 9.17) is 14.2 Å². The van der Waals surface area contributed by atoms with Crippen molar-refractivity contribution in [1.82, 2.24) is 0 Å². The molecule has 5 aliphatic rings. The Morgan fingerprint density at radius 1 is 1.15 bits per heavy atom. The van der Waals surface area contributed by atoms with Gasteiger partial charge in [-0.3, -0.25) is 4.79 Å². The van der Waals surface area contributed by atoms with Crippen molar-refractivity contribution in [3.63, 3.8) is 0 Å². The van der Waals surface area contributed by atoms with Gasteiger partial charge in [0.1, 0.15) is 18.0 Å². The minimum Gasteiger partial charge on any atom is -0.485 e. The number of hydrogen-bond acceptors (Lipinski definition) is 8. The number of carbonyl (C=O) groups excluding carboxylic acids is 2. The topological polar surface area (TPSA) is 123 Å². The van der Waals surface area contributed by atoms with Gasteiger partial charge in [0, 0.05) is 11.3 Å². The Labute approximate surface area is 156 Å². The zero-order valence-electron chi connectivity index (χ0n) is 15.5. The van der Waals surface area contributed by atoms with E-state index in [0.29, 0.717) is 17.8 Å². The van der Waals surface area contributed by atoms with E-state index in [-0.39, 0.29) is 19.0 Å². The minimum atomic E-state index is -1.45. The Morgan fingerprint density at radius 3 is 2.52 bits per heavy atom. The van der Waals surface area contributed by atoms with Crippen LogP contribution in [-0.2, 0) is 23.8 Å². The highest BCUT2D eigenvalue weighted by Crippen LogP contribution is 2.71. The molecule has 3 heterocycles. The Balaban J connectivity index is 1.80. The summed E-state index contributed by atoms with van der Waals surface area (Å²) in [5, 5.41) is 32.1. The van der Waals surface area contributed by atoms with E-state index in [9.17, 15) is 24.9 Å². The second-order valence-electron chi connectivity index (χ2n) is 9.22. The van der Waals surface area contributed by atoms with Crippen molar-refractivity contribution in [2.75, 3.05) is 6.61 Å². The molecule has 27 heavy (non-hydrogen) atoms. The monoisotopic (exact) mass is 380 g/mol. The van der Waals surface area contributed by atoms with E-state index < -0.39 is 58.7 Å². The highest BCUT2D eigenvalue weighted by atomic mass is 16.6. The summed E-state index contributed by atoms with van der Waals surface area (Å²) in [6, 6.07) is 0. The van der Waals surface area contributed by atoms with Crippen LogP contribution in [0.4, 0.5) is 0 Å². The van der Waals surface area contributed by atoms with Gasteiger partial charge in [-0.1, -0.05) is 13.8 Å². The van der Waals surface area contributed by atoms with Gasteiger partial charge in [-0.25, -0.2) is 4.79 Å². The minimum absolute atomic E-state index is 0.0633. The van der Waals surface area contributed by atoms with Gasteiger partial charge in [-0.2, -0.15) is 0 Å². The van der Waals surface area contributed by atoms with E-state index in [2.05, 4.69) is 0 Å². The molecule has 0 radical (unpaired) electrons. The second-order valence-corrected chi connectivity index (χ2v) is 9.22. The van der Waals surface area contributed by atoms with Crippen molar-refractivity contribution in [3.05, 3.63) is 11.3 Å². The van der Waals surface area contributed by atoms with Gasteiger partial charge in [0.25, 0.3) is 0 Å². The van der Waals surface area contributed by atoms with Gasteiger partial charge in [-0.15, -0.1) is 0 Å². The van der Waals surface area contributed by atoms with E-state index >= 15 is 0 Å². The Hall–Kier alpha value is -1.64. The fourth-order valence-electron chi connectivity index (χ4n) is 6.84. The lowest BCUT2D eigenvalue weighted by Gasteiger charge is -2.57. The fourth-order valence-corrected chi connectivity index (χ4v) is 6.84. The number of aliphatic hydroxyl groups excluding tert-OH is 3. The fraction of sp³-hybridized carbons (Fsp3) is 0.789. The summed E-state index contributed by atoms with van der Waals surface area (Å²) < 4.78 is 17.4. The van der Waals surface area contributed by atoms with Crippen LogP contribution in [-0.4, -0.2) is 63.9 Å². The number of aliphatic hydroxyl groups is 3. The number of esters is 2. The molecular weight excluding hydrogens is 356 g/mol. The smallest absolute Gasteiger partial charge is 0.335 e. The molecule has 0 spiro atoms. The average Bonchev–Trinajstić information content (AvgIpc) is 3.04. The number of fused-ring (bicyclic) bond motifs is 2. The molecular formula is C19H24O8. The molecule has 0 aromatic carbocycles. The molecule has 9 atom stereocenters. The summed E-state index contributed by atoms with van der Waals surface area (Å²) in [5.41, 5.74) is -2.15. The first-order chi connectivity index (χ1) is 12.6. The molecule has 8 nitrogen and oxygen atoms in total. The Morgan fingerprint density at radius 2 is 1.85 bits per heavy atom. The lowest BCUT2D eigenvalue weighted by atomic mass is 9.54. The summed E-state index contributed by atoms with van der Waals surface area (Å²) in [5.74, 6) is -2.05. The summed E-state index contributed by atoms with van der Waals surface area (Å²) in [7, 11) is 0. The molecule has 3 fully saturated rings. The molecule has 3 N–H and O–H groups in total. The van der Waals surface area contributed by atoms with Gasteiger partial charge in [0.05, 0.1) is 18.4 Å². The van der Waals surface area contributed by atoms with Crippen molar-refractivity contribution < 1.29 is 39.1 Å². The predicted octanol–water partition coefficient (Wildman–Crippen LogP) is -0.353. The summed E-state index contributed by atoms with van der Waals surface area (Å²) in [4.78, 5) is 24.4. The lowest BCUT2D eigenvalue weighted by Crippen LogP contribution is -2.64. The number of ether oxygens (including phenoxy) is 3. The first-order valence-corrected chi connectivity index (χ1v) is 9.41.